The molecule has 7 heteroatoms. The monoisotopic (exact) mass is 246 g/mol. The first-order valence-corrected chi connectivity index (χ1v) is 5.06. The van der Waals surface area contributed by atoms with Crippen LogP contribution in [0.3, 0.4) is 0 Å². The highest BCUT2D eigenvalue weighted by molar-refractivity contribution is 6.03. The number of aromatic amines is 1. The molecule has 1 heterocycles. The maximum absolute atomic E-state index is 11.7. The Labute approximate surface area is 102 Å². The van der Waals surface area contributed by atoms with E-state index in [4.69, 9.17) is 0 Å². The van der Waals surface area contributed by atoms with Gasteiger partial charge in [0, 0.05) is 5.69 Å². The van der Waals surface area contributed by atoms with Crippen molar-refractivity contribution in [1.82, 2.24) is 15.4 Å². The van der Waals surface area contributed by atoms with Crippen molar-refractivity contribution in [2.24, 2.45) is 0 Å². The molecule has 2 rings (SSSR count). The number of methoxy groups -OCH3 is 1. The highest BCUT2D eigenvalue weighted by Gasteiger charge is 2.10. The number of rotatable bonds is 3. The van der Waals surface area contributed by atoms with Crippen molar-refractivity contribution < 1.29 is 14.3 Å². The van der Waals surface area contributed by atoms with Gasteiger partial charge in [-0.25, -0.2) is 4.79 Å². The number of carbonyl (C=O) groups is 2. The minimum atomic E-state index is -0.465. The van der Waals surface area contributed by atoms with E-state index in [1.807, 2.05) is 0 Å². The van der Waals surface area contributed by atoms with E-state index in [2.05, 4.69) is 25.5 Å². The normalized spacial score (nSPS) is 9.83. The number of aromatic nitrogens is 3. The van der Waals surface area contributed by atoms with Crippen molar-refractivity contribution in [2.75, 3.05) is 12.4 Å². The lowest BCUT2D eigenvalue weighted by molar-refractivity contribution is 0.0600. The van der Waals surface area contributed by atoms with E-state index in [9.17, 15) is 9.59 Å². The summed E-state index contributed by atoms with van der Waals surface area (Å²) in [6, 6.07) is 6.41. The molecule has 0 saturated carbocycles. The molecule has 0 bridgehead atoms. The highest BCUT2D eigenvalue weighted by atomic mass is 16.5. The van der Waals surface area contributed by atoms with Crippen LogP contribution in [0.1, 0.15) is 20.8 Å². The molecule has 0 atom stereocenters. The molecule has 18 heavy (non-hydrogen) atoms. The van der Waals surface area contributed by atoms with Crippen molar-refractivity contribution >= 4 is 17.6 Å². The van der Waals surface area contributed by atoms with Crippen LogP contribution >= 0.6 is 0 Å². The van der Waals surface area contributed by atoms with Crippen LogP contribution < -0.4 is 5.32 Å². The number of esters is 1. The Balaban J connectivity index is 2.15. The van der Waals surface area contributed by atoms with Gasteiger partial charge in [-0.2, -0.15) is 15.4 Å². The van der Waals surface area contributed by atoms with Crippen LogP contribution in [-0.2, 0) is 4.74 Å². The number of nitrogens with one attached hydrogen (secondary N) is 2. The van der Waals surface area contributed by atoms with E-state index < -0.39 is 11.9 Å². The largest absolute Gasteiger partial charge is 0.465 e. The van der Waals surface area contributed by atoms with Crippen LogP contribution in [-0.4, -0.2) is 34.4 Å². The SMILES string of the molecule is COC(=O)c1cccc(NC(=O)c2cn[nH]n2)c1. The fourth-order valence-corrected chi connectivity index (χ4v) is 1.35. The second-order valence-corrected chi connectivity index (χ2v) is 3.38. The van der Waals surface area contributed by atoms with Gasteiger partial charge in [-0.15, -0.1) is 0 Å². The molecule has 0 fully saturated rings. The molecule has 0 aliphatic rings. The summed E-state index contributed by atoms with van der Waals surface area (Å²) in [5, 5.41) is 12.1. The van der Waals surface area contributed by atoms with E-state index in [1.54, 1.807) is 18.2 Å². The third kappa shape index (κ3) is 2.51. The molecule has 0 unspecified atom stereocenters. The van der Waals surface area contributed by atoms with E-state index >= 15 is 0 Å². The Morgan fingerprint density at radius 3 is 2.89 bits per heavy atom. The van der Waals surface area contributed by atoms with Crippen molar-refractivity contribution in [1.29, 1.82) is 0 Å². The molecule has 92 valence electrons. The van der Waals surface area contributed by atoms with Gasteiger partial charge in [-0.1, -0.05) is 6.07 Å². The molecule has 1 amide bonds. The summed E-state index contributed by atoms with van der Waals surface area (Å²) in [5.74, 6) is -0.877. The molecule has 0 aliphatic carbocycles. The molecule has 2 N–H and O–H groups in total. The lowest BCUT2D eigenvalue weighted by Gasteiger charge is -2.04. The summed E-state index contributed by atoms with van der Waals surface area (Å²) in [7, 11) is 1.29. The van der Waals surface area contributed by atoms with Crippen molar-refractivity contribution in [2.45, 2.75) is 0 Å². The van der Waals surface area contributed by atoms with Gasteiger partial charge in [0.05, 0.1) is 18.9 Å². The summed E-state index contributed by atoms with van der Waals surface area (Å²) in [6.45, 7) is 0. The Bertz CT molecular complexity index is 565. The van der Waals surface area contributed by atoms with Crippen LogP contribution in [0.5, 0.6) is 0 Å². The molecular weight excluding hydrogens is 236 g/mol. The average Bonchev–Trinajstić information content (AvgIpc) is 2.92. The first-order chi connectivity index (χ1) is 8.70. The summed E-state index contributed by atoms with van der Waals surface area (Å²) in [5.41, 5.74) is 1.000. The molecule has 0 saturated heterocycles. The number of anilines is 1. The number of hydrogen-bond donors (Lipinski definition) is 2. The Morgan fingerprint density at radius 2 is 2.22 bits per heavy atom. The molecule has 0 radical (unpaired) electrons. The molecule has 7 nitrogen and oxygen atoms in total. The maximum atomic E-state index is 11.7. The van der Waals surface area contributed by atoms with Gasteiger partial charge in [0.2, 0.25) is 0 Å². The first-order valence-electron chi connectivity index (χ1n) is 5.06. The van der Waals surface area contributed by atoms with Gasteiger partial charge >= 0.3 is 5.97 Å². The zero-order valence-corrected chi connectivity index (χ0v) is 9.51. The van der Waals surface area contributed by atoms with E-state index in [0.717, 1.165) is 0 Å². The van der Waals surface area contributed by atoms with E-state index in [1.165, 1.54) is 19.4 Å². The van der Waals surface area contributed by atoms with Crippen molar-refractivity contribution in [3.8, 4) is 0 Å². The maximum Gasteiger partial charge on any atom is 0.337 e. The van der Waals surface area contributed by atoms with Gasteiger partial charge in [0.25, 0.3) is 5.91 Å². The number of nitrogens with zero attached hydrogens (tertiary/aromatic N) is 2. The Kier molecular flexibility index (Phi) is 3.33. The van der Waals surface area contributed by atoms with Crippen LogP contribution in [0.15, 0.2) is 30.5 Å². The minimum Gasteiger partial charge on any atom is -0.465 e. The standard InChI is InChI=1S/C11H10N4O3/c1-18-11(17)7-3-2-4-8(5-7)13-10(16)9-6-12-15-14-9/h2-6H,1H3,(H,13,16)(H,12,14,15). The second-order valence-electron chi connectivity index (χ2n) is 3.38. The molecule has 1 aromatic heterocycles. The Hall–Kier alpha value is -2.70. The third-order valence-corrected chi connectivity index (χ3v) is 2.19. The minimum absolute atomic E-state index is 0.165. The van der Waals surface area contributed by atoms with Crippen LogP contribution in [0.25, 0.3) is 0 Å². The predicted molar refractivity (Wildman–Crippen MR) is 62.1 cm³/mol. The molecule has 1 aromatic carbocycles. The zero-order chi connectivity index (χ0) is 13.0. The summed E-state index contributed by atoms with van der Waals surface area (Å²) in [4.78, 5) is 23.0. The molecular formula is C11H10N4O3. The number of hydrogen-bond acceptors (Lipinski definition) is 5. The molecule has 2 aromatic rings. The van der Waals surface area contributed by atoms with Crippen LogP contribution in [0.4, 0.5) is 5.69 Å². The van der Waals surface area contributed by atoms with Gasteiger partial charge in [0.15, 0.2) is 5.69 Å². The number of H-pyrrole nitrogens is 1. The van der Waals surface area contributed by atoms with E-state index in [-0.39, 0.29) is 5.69 Å². The zero-order valence-electron chi connectivity index (χ0n) is 9.51. The number of amides is 1. The quantitative estimate of drug-likeness (QED) is 0.782. The number of ether oxygens (including phenoxy) is 1. The summed E-state index contributed by atoms with van der Waals surface area (Å²) < 4.78 is 4.59. The topological polar surface area (TPSA) is 97.0 Å². The molecule has 0 spiro atoms. The third-order valence-electron chi connectivity index (χ3n) is 2.19. The number of benzene rings is 1. The van der Waals surface area contributed by atoms with Crippen LogP contribution in [0.2, 0.25) is 0 Å². The summed E-state index contributed by atoms with van der Waals surface area (Å²) >= 11 is 0. The lowest BCUT2D eigenvalue weighted by Crippen LogP contribution is -2.13. The second kappa shape index (κ2) is 5.09. The fourth-order valence-electron chi connectivity index (χ4n) is 1.35. The predicted octanol–water partition coefficient (Wildman–Crippen LogP) is 0.844. The lowest BCUT2D eigenvalue weighted by atomic mass is 10.2. The van der Waals surface area contributed by atoms with Gasteiger partial charge in [0.1, 0.15) is 0 Å². The Morgan fingerprint density at radius 1 is 1.39 bits per heavy atom. The first kappa shape index (κ1) is 11.8. The van der Waals surface area contributed by atoms with Crippen LogP contribution in [0, 0.1) is 0 Å². The smallest absolute Gasteiger partial charge is 0.337 e. The highest BCUT2D eigenvalue weighted by Crippen LogP contribution is 2.12. The van der Waals surface area contributed by atoms with E-state index in [0.29, 0.717) is 11.3 Å². The van der Waals surface area contributed by atoms with Crippen molar-refractivity contribution in [3.05, 3.63) is 41.7 Å². The van der Waals surface area contributed by atoms with Gasteiger partial charge in [-0.05, 0) is 18.2 Å². The van der Waals surface area contributed by atoms with Gasteiger partial charge < -0.3 is 10.1 Å². The molecule has 0 aliphatic heterocycles. The van der Waals surface area contributed by atoms with Crippen molar-refractivity contribution in [3.63, 3.8) is 0 Å². The van der Waals surface area contributed by atoms with Gasteiger partial charge in [-0.3, -0.25) is 4.79 Å². The fraction of sp³-hybridized carbons (Fsp3) is 0.0909. The average molecular weight is 246 g/mol. The number of carbonyl (C=O) groups excluding carboxylic acids is 2. The summed E-state index contributed by atoms with van der Waals surface area (Å²) in [6.07, 6.45) is 1.31.